The van der Waals surface area contributed by atoms with E-state index in [9.17, 15) is 0 Å². The Morgan fingerprint density at radius 1 is 1.33 bits per heavy atom. The normalized spacial score (nSPS) is 16.6. The van der Waals surface area contributed by atoms with Gasteiger partial charge < -0.3 is 10.1 Å². The minimum absolute atomic E-state index is 0.446. The predicted molar refractivity (Wildman–Crippen MR) is 63.5 cm³/mol. The van der Waals surface area contributed by atoms with Gasteiger partial charge in [-0.2, -0.15) is 0 Å². The Morgan fingerprint density at radius 2 is 2.13 bits per heavy atom. The summed E-state index contributed by atoms with van der Waals surface area (Å²) in [6, 6.07) is 8.24. The molecule has 0 amide bonds. The molecule has 0 heterocycles. The molecule has 1 fully saturated rings. The predicted octanol–water partition coefficient (Wildman–Crippen LogP) is 3.44. The maximum atomic E-state index is 5.92. The summed E-state index contributed by atoms with van der Waals surface area (Å²) in [6.45, 7) is 3.05. The highest BCUT2D eigenvalue weighted by Crippen LogP contribution is 2.25. The van der Waals surface area contributed by atoms with Crippen LogP contribution >= 0.6 is 0 Å². The van der Waals surface area contributed by atoms with Crippen molar-refractivity contribution in [2.75, 3.05) is 11.9 Å². The molecule has 0 spiro atoms. The van der Waals surface area contributed by atoms with Crippen molar-refractivity contribution >= 4 is 5.69 Å². The van der Waals surface area contributed by atoms with Crippen molar-refractivity contribution in [3.63, 3.8) is 0 Å². The van der Waals surface area contributed by atoms with Gasteiger partial charge in [-0.15, -0.1) is 0 Å². The second-order valence-electron chi connectivity index (χ2n) is 4.08. The van der Waals surface area contributed by atoms with Gasteiger partial charge in [-0.1, -0.05) is 6.07 Å². The molecule has 1 aliphatic carbocycles. The second-order valence-corrected chi connectivity index (χ2v) is 4.08. The lowest BCUT2D eigenvalue weighted by atomic mass is 10.2. The van der Waals surface area contributed by atoms with Crippen molar-refractivity contribution in [1.82, 2.24) is 0 Å². The summed E-state index contributed by atoms with van der Waals surface area (Å²) < 4.78 is 5.92. The van der Waals surface area contributed by atoms with Gasteiger partial charge in [-0.3, -0.25) is 0 Å². The van der Waals surface area contributed by atoms with E-state index in [-0.39, 0.29) is 0 Å². The second kappa shape index (κ2) is 5.06. The van der Waals surface area contributed by atoms with Crippen LogP contribution in [0.3, 0.4) is 0 Å². The summed E-state index contributed by atoms with van der Waals surface area (Å²) in [5, 5.41) is 3.29. The summed E-state index contributed by atoms with van der Waals surface area (Å²) in [5.41, 5.74) is 1.15. The Morgan fingerprint density at radius 3 is 2.87 bits per heavy atom. The lowest BCUT2D eigenvalue weighted by molar-refractivity contribution is 0.210. The van der Waals surface area contributed by atoms with Crippen LogP contribution in [0.1, 0.15) is 32.6 Å². The highest BCUT2D eigenvalue weighted by molar-refractivity contribution is 5.48. The fourth-order valence-electron chi connectivity index (χ4n) is 2.08. The lowest BCUT2D eigenvalue weighted by Crippen LogP contribution is -2.10. The average molecular weight is 205 g/mol. The zero-order valence-electron chi connectivity index (χ0n) is 9.33. The summed E-state index contributed by atoms with van der Waals surface area (Å²) in [6.07, 6.45) is 5.51. The molecule has 0 radical (unpaired) electrons. The van der Waals surface area contributed by atoms with E-state index in [0.717, 1.165) is 18.0 Å². The molecule has 82 valence electrons. The molecule has 2 rings (SSSR count). The molecule has 1 saturated carbocycles. The van der Waals surface area contributed by atoms with Crippen LogP contribution in [0.5, 0.6) is 5.75 Å². The molecular formula is C13H19NO. The molecule has 1 N–H and O–H groups in total. The standard InChI is InChI=1S/C13H19NO/c1-2-14-11-6-5-9-13(10-11)15-12-7-3-4-8-12/h5-6,9-10,12,14H,2-4,7-8H2,1H3. The maximum Gasteiger partial charge on any atom is 0.121 e. The third-order valence-corrected chi connectivity index (χ3v) is 2.82. The third-order valence-electron chi connectivity index (χ3n) is 2.82. The number of anilines is 1. The lowest BCUT2D eigenvalue weighted by Gasteiger charge is -2.14. The van der Waals surface area contributed by atoms with Crippen LogP contribution in [0.15, 0.2) is 24.3 Å². The van der Waals surface area contributed by atoms with E-state index in [1.807, 2.05) is 12.1 Å². The number of hydrogen-bond donors (Lipinski definition) is 1. The van der Waals surface area contributed by atoms with Gasteiger partial charge in [0.1, 0.15) is 5.75 Å². The third kappa shape index (κ3) is 2.88. The van der Waals surface area contributed by atoms with E-state index in [4.69, 9.17) is 4.74 Å². The quantitative estimate of drug-likeness (QED) is 0.813. The summed E-state index contributed by atoms with van der Waals surface area (Å²) in [5.74, 6) is 1.00. The van der Waals surface area contributed by atoms with Crippen molar-refractivity contribution in [2.24, 2.45) is 0 Å². The van der Waals surface area contributed by atoms with Gasteiger partial charge >= 0.3 is 0 Å². The summed E-state index contributed by atoms with van der Waals surface area (Å²) in [7, 11) is 0. The molecule has 0 saturated heterocycles. The van der Waals surface area contributed by atoms with Crippen molar-refractivity contribution in [3.8, 4) is 5.75 Å². The van der Waals surface area contributed by atoms with Gasteiger partial charge in [0.2, 0.25) is 0 Å². The molecule has 2 heteroatoms. The van der Waals surface area contributed by atoms with E-state index < -0.39 is 0 Å². The maximum absolute atomic E-state index is 5.92. The zero-order chi connectivity index (χ0) is 10.5. The first-order chi connectivity index (χ1) is 7.38. The first-order valence-electron chi connectivity index (χ1n) is 5.89. The van der Waals surface area contributed by atoms with Crippen LogP contribution in [0.25, 0.3) is 0 Å². The van der Waals surface area contributed by atoms with E-state index in [0.29, 0.717) is 6.10 Å². The van der Waals surface area contributed by atoms with E-state index in [2.05, 4.69) is 24.4 Å². The van der Waals surface area contributed by atoms with Gasteiger partial charge in [0.05, 0.1) is 6.10 Å². The molecule has 1 aromatic carbocycles. The summed E-state index contributed by atoms with van der Waals surface area (Å²) >= 11 is 0. The number of hydrogen-bond acceptors (Lipinski definition) is 2. The highest BCUT2D eigenvalue weighted by Gasteiger charge is 2.16. The molecule has 2 nitrogen and oxygen atoms in total. The van der Waals surface area contributed by atoms with Crippen LogP contribution in [0.2, 0.25) is 0 Å². The number of ether oxygens (including phenoxy) is 1. The van der Waals surface area contributed by atoms with Crippen LogP contribution in [-0.2, 0) is 0 Å². The van der Waals surface area contributed by atoms with Gasteiger partial charge in [0, 0.05) is 18.3 Å². The number of rotatable bonds is 4. The molecule has 0 atom stereocenters. The first kappa shape index (κ1) is 10.3. The number of benzene rings is 1. The van der Waals surface area contributed by atoms with Gasteiger partial charge in [-0.05, 0) is 44.7 Å². The average Bonchev–Trinajstić information content (AvgIpc) is 2.71. The number of nitrogens with one attached hydrogen (secondary N) is 1. The Bertz CT molecular complexity index is 305. The Labute approximate surface area is 91.6 Å². The van der Waals surface area contributed by atoms with Gasteiger partial charge in [0.15, 0.2) is 0 Å². The van der Waals surface area contributed by atoms with Crippen molar-refractivity contribution in [2.45, 2.75) is 38.7 Å². The Hall–Kier alpha value is -1.18. The first-order valence-corrected chi connectivity index (χ1v) is 5.89. The van der Waals surface area contributed by atoms with Crippen molar-refractivity contribution < 1.29 is 4.74 Å². The van der Waals surface area contributed by atoms with Gasteiger partial charge in [-0.25, -0.2) is 0 Å². The van der Waals surface area contributed by atoms with Crippen LogP contribution in [0.4, 0.5) is 5.69 Å². The Kier molecular flexibility index (Phi) is 3.49. The smallest absolute Gasteiger partial charge is 0.121 e. The molecule has 0 aromatic heterocycles. The fraction of sp³-hybridized carbons (Fsp3) is 0.538. The van der Waals surface area contributed by atoms with Gasteiger partial charge in [0.25, 0.3) is 0 Å². The van der Waals surface area contributed by atoms with E-state index in [1.54, 1.807) is 0 Å². The molecule has 15 heavy (non-hydrogen) atoms. The van der Waals surface area contributed by atoms with Crippen LogP contribution in [-0.4, -0.2) is 12.6 Å². The molecule has 1 aliphatic rings. The van der Waals surface area contributed by atoms with Crippen molar-refractivity contribution in [1.29, 1.82) is 0 Å². The largest absolute Gasteiger partial charge is 0.490 e. The molecular weight excluding hydrogens is 186 g/mol. The minimum atomic E-state index is 0.446. The fourth-order valence-corrected chi connectivity index (χ4v) is 2.08. The minimum Gasteiger partial charge on any atom is -0.490 e. The van der Waals surface area contributed by atoms with E-state index >= 15 is 0 Å². The van der Waals surface area contributed by atoms with Crippen LogP contribution < -0.4 is 10.1 Å². The SMILES string of the molecule is CCNc1cccc(OC2CCCC2)c1. The Balaban J connectivity index is 1.97. The molecule has 0 aliphatic heterocycles. The monoisotopic (exact) mass is 205 g/mol. The zero-order valence-corrected chi connectivity index (χ0v) is 9.33. The molecule has 1 aromatic rings. The van der Waals surface area contributed by atoms with Crippen LogP contribution in [0, 0.1) is 0 Å². The molecule has 0 unspecified atom stereocenters. The van der Waals surface area contributed by atoms with E-state index in [1.165, 1.54) is 25.7 Å². The summed E-state index contributed by atoms with van der Waals surface area (Å²) in [4.78, 5) is 0. The molecule has 0 bridgehead atoms. The highest BCUT2D eigenvalue weighted by atomic mass is 16.5. The van der Waals surface area contributed by atoms with Crippen molar-refractivity contribution in [3.05, 3.63) is 24.3 Å². The topological polar surface area (TPSA) is 21.3 Å².